The number of anilines is 2. The van der Waals surface area contributed by atoms with Crippen LogP contribution in [-0.2, 0) is 20.8 Å². The molecule has 0 saturated carbocycles. The Bertz CT molecular complexity index is 1440. The van der Waals surface area contributed by atoms with Crippen molar-refractivity contribution in [1.82, 2.24) is 4.98 Å². The fourth-order valence-electron chi connectivity index (χ4n) is 3.88. The maximum absolute atomic E-state index is 13.4. The van der Waals surface area contributed by atoms with Gasteiger partial charge >= 0.3 is 0 Å². The van der Waals surface area contributed by atoms with Crippen molar-refractivity contribution in [2.75, 3.05) is 9.80 Å². The molecule has 178 valence electrons. The van der Waals surface area contributed by atoms with Crippen LogP contribution in [0.4, 0.5) is 17.1 Å². The summed E-state index contributed by atoms with van der Waals surface area (Å²) in [6.45, 7) is 10.7. The van der Waals surface area contributed by atoms with Crippen LogP contribution < -0.4 is 15.5 Å². The van der Waals surface area contributed by atoms with Gasteiger partial charge in [0.2, 0.25) is 11.6 Å². The first-order valence-corrected chi connectivity index (χ1v) is 12.2. The number of fused-ring (bicyclic) bond motifs is 1. The summed E-state index contributed by atoms with van der Waals surface area (Å²) in [5.74, 6) is -0.841. The van der Waals surface area contributed by atoms with E-state index in [1.165, 1.54) is 16.2 Å². The van der Waals surface area contributed by atoms with E-state index in [-0.39, 0.29) is 41.1 Å². The van der Waals surface area contributed by atoms with Gasteiger partial charge in [0.05, 0.1) is 28.9 Å². The molecule has 4 rings (SSSR count). The summed E-state index contributed by atoms with van der Waals surface area (Å²) < 4.78 is 0.888. The zero-order valence-corrected chi connectivity index (χ0v) is 21.3. The Balaban J connectivity index is 1.64. The molecule has 1 fully saturated rings. The molecule has 0 aliphatic carbocycles. The normalized spacial score (nSPS) is 15.0. The van der Waals surface area contributed by atoms with Crippen LogP contribution in [0.3, 0.4) is 0 Å². The number of amides is 2. The number of rotatable bonds is 7. The van der Waals surface area contributed by atoms with Gasteiger partial charge in [-0.2, -0.15) is 0 Å². The summed E-state index contributed by atoms with van der Waals surface area (Å²) in [6.07, 6.45) is 0.237. The molecule has 0 radical (unpaired) electrons. The topological polar surface area (TPSA) is 101 Å². The summed E-state index contributed by atoms with van der Waals surface area (Å²) in [5.41, 5.74) is 6.27. The predicted molar refractivity (Wildman–Crippen MR) is 141 cm³/mol. The van der Waals surface area contributed by atoms with Gasteiger partial charge in [-0.15, -0.1) is 11.3 Å². The Morgan fingerprint density at radius 3 is 2.57 bits per heavy atom. The number of halogens is 1. The molecule has 0 atom stereocenters. The maximum Gasteiger partial charge on any atom is 0.259 e. The molecule has 2 aromatic carbocycles. The fraction of sp³-hybridized carbons (Fsp3) is 0.250. The number of Topliss-reactive ketones (excluding diaryl/α,β-unsaturated/α-hetero) is 1. The van der Waals surface area contributed by atoms with Crippen molar-refractivity contribution in [1.29, 1.82) is 0 Å². The molecule has 8 nitrogen and oxygen atoms in total. The number of carbonyl (C=O) groups is 3. The van der Waals surface area contributed by atoms with E-state index in [0.29, 0.717) is 27.6 Å². The lowest BCUT2D eigenvalue weighted by Crippen LogP contribution is -2.44. The van der Waals surface area contributed by atoms with Gasteiger partial charge in [0.1, 0.15) is 16.3 Å². The highest BCUT2D eigenvalue weighted by Gasteiger charge is 2.50. The molecule has 0 bridgehead atoms. The predicted octanol–water partition coefficient (Wildman–Crippen LogP) is 4.79. The molecule has 1 aliphatic heterocycles. The van der Waals surface area contributed by atoms with Gasteiger partial charge in [-0.3, -0.25) is 19.3 Å². The van der Waals surface area contributed by atoms with Gasteiger partial charge in [0.15, 0.2) is 5.11 Å². The molecule has 2 N–H and O–H groups in total. The highest BCUT2D eigenvalue weighted by molar-refractivity contribution is 7.81. The smallest absolute Gasteiger partial charge is 0.259 e. The summed E-state index contributed by atoms with van der Waals surface area (Å²) in [6, 6.07) is 10.3. The standard InChI is InChI=1S/C24H20ClN5O3S2/c1-24(2)22(33)29(13-4-7-17(27-3)16(25)10-13)23(34)30(24)14-5-8-19-18(11-14)28-21(35-19)12-15(31)6-9-20(26)32/h4-5,7-8,10-11H,6,9,12H2,1-2H3,(H2,26,32). The Hall–Kier alpha value is -3.39. The second-order valence-electron chi connectivity index (χ2n) is 8.51. The lowest BCUT2D eigenvalue weighted by atomic mass is 10.0. The van der Waals surface area contributed by atoms with Crippen LogP contribution in [0, 0.1) is 6.57 Å². The van der Waals surface area contributed by atoms with Crippen LogP contribution in [0.5, 0.6) is 0 Å². The van der Waals surface area contributed by atoms with Crippen LogP contribution in [0.25, 0.3) is 15.1 Å². The zero-order valence-electron chi connectivity index (χ0n) is 18.9. The quantitative estimate of drug-likeness (QED) is 0.351. The van der Waals surface area contributed by atoms with E-state index in [0.717, 1.165) is 4.70 Å². The molecule has 1 aliphatic rings. The highest BCUT2D eigenvalue weighted by atomic mass is 35.5. The van der Waals surface area contributed by atoms with E-state index in [9.17, 15) is 14.4 Å². The van der Waals surface area contributed by atoms with E-state index in [1.807, 2.05) is 18.2 Å². The van der Waals surface area contributed by atoms with Crippen molar-refractivity contribution in [2.45, 2.75) is 38.6 Å². The van der Waals surface area contributed by atoms with Crippen LogP contribution in [-0.4, -0.2) is 33.2 Å². The first-order chi connectivity index (χ1) is 16.5. The minimum atomic E-state index is -0.987. The van der Waals surface area contributed by atoms with Crippen LogP contribution in [0.2, 0.25) is 5.02 Å². The minimum Gasteiger partial charge on any atom is -0.370 e. The number of thiocarbonyl (C=S) groups is 1. The van der Waals surface area contributed by atoms with Crippen molar-refractivity contribution in [3.05, 3.63) is 57.8 Å². The molecule has 3 aromatic rings. The van der Waals surface area contributed by atoms with Crippen molar-refractivity contribution >= 4 is 85.1 Å². The van der Waals surface area contributed by atoms with Crippen molar-refractivity contribution in [3.63, 3.8) is 0 Å². The number of aromatic nitrogens is 1. The van der Waals surface area contributed by atoms with Crippen molar-refractivity contribution in [2.24, 2.45) is 5.73 Å². The van der Waals surface area contributed by atoms with Gasteiger partial charge in [0.25, 0.3) is 5.91 Å². The molecular formula is C24H20ClN5O3S2. The summed E-state index contributed by atoms with van der Waals surface area (Å²) in [5, 5.41) is 1.16. The monoisotopic (exact) mass is 525 g/mol. The Labute approximate surface area is 216 Å². The SMILES string of the molecule is [C-]#[N+]c1ccc(N2C(=O)C(C)(C)N(c3ccc4sc(CC(=O)CCC(N)=O)nc4c3)C2=S)cc1Cl. The van der Waals surface area contributed by atoms with Gasteiger partial charge in [0, 0.05) is 23.6 Å². The lowest BCUT2D eigenvalue weighted by molar-refractivity contribution is -0.123. The van der Waals surface area contributed by atoms with Gasteiger partial charge < -0.3 is 10.6 Å². The minimum absolute atomic E-state index is 0.0196. The first-order valence-electron chi connectivity index (χ1n) is 10.6. The number of nitrogens with zero attached hydrogens (tertiary/aromatic N) is 4. The molecule has 2 heterocycles. The molecule has 2 amide bonds. The third-order valence-electron chi connectivity index (χ3n) is 5.65. The highest BCUT2D eigenvalue weighted by Crippen LogP contribution is 2.39. The average molecular weight is 526 g/mol. The second kappa shape index (κ2) is 9.34. The molecule has 11 heteroatoms. The van der Waals surface area contributed by atoms with E-state index in [1.54, 1.807) is 36.9 Å². The van der Waals surface area contributed by atoms with E-state index in [4.69, 9.17) is 36.1 Å². The van der Waals surface area contributed by atoms with Crippen molar-refractivity contribution in [3.8, 4) is 0 Å². The lowest BCUT2D eigenvalue weighted by Gasteiger charge is -2.29. The van der Waals surface area contributed by atoms with Crippen molar-refractivity contribution < 1.29 is 14.4 Å². The number of carbonyl (C=O) groups excluding carboxylic acids is 3. The summed E-state index contributed by atoms with van der Waals surface area (Å²) >= 11 is 13.3. The third-order valence-corrected chi connectivity index (χ3v) is 7.35. The maximum atomic E-state index is 13.4. The number of thiazole rings is 1. The number of benzene rings is 2. The van der Waals surface area contributed by atoms with Gasteiger partial charge in [-0.05, 0) is 56.4 Å². The Morgan fingerprint density at radius 2 is 1.91 bits per heavy atom. The number of ketones is 1. The molecule has 0 spiro atoms. The second-order valence-corrected chi connectivity index (χ2v) is 10.4. The molecule has 0 unspecified atom stereocenters. The Morgan fingerprint density at radius 1 is 1.20 bits per heavy atom. The third kappa shape index (κ3) is 4.62. The summed E-state index contributed by atoms with van der Waals surface area (Å²) in [4.78, 5) is 47.6. The van der Waals surface area contributed by atoms with E-state index >= 15 is 0 Å². The number of nitrogens with two attached hydrogens (primary N) is 1. The molecule has 35 heavy (non-hydrogen) atoms. The average Bonchev–Trinajstić information content (AvgIpc) is 3.26. The van der Waals surface area contributed by atoms with Crippen LogP contribution in [0.1, 0.15) is 31.7 Å². The number of hydrogen-bond donors (Lipinski definition) is 1. The number of hydrogen-bond acceptors (Lipinski definition) is 6. The fourth-order valence-corrected chi connectivity index (χ4v) is 5.59. The first kappa shape index (κ1) is 24.7. The molecule has 1 saturated heterocycles. The largest absolute Gasteiger partial charge is 0.370 e. The zero-order chi connectivity index (χ0) is 25.5. The molecule has 1 aromatic heterocycles. The van der Waals surface area contributed by atoms with E-state index < -0.39 is 11.4 Å². The van der Waals surface area contributed by atoms with Crippen LogP contribution in [0.15, 0.2) is 36.4 Å². The number of primary amides is 1. The molecular weight excluding hydrogens is 506 g/mol. The van der Waals surface area contributed by atoms with Gasteiger partial charge in [-0.25, -0.2) is 9.83 Å². The Kier molecular flexibility index (Phi) is 6.60. The van der Waals surface area contributed by atoms with E-state index in [2.05, 4.69) is 9.83 Å². The van der Waals surface area contributed by atoms with Crippen LogP contribution >= 0.6 is 35.2 Å². The van der Waals surface area contributed by atoms with Gasteiger partial charge in [-0.1, -0.05) is 17.7 Å². The summed E-state index contributed by atoms with van der Waals surface area (Å²) in [7, 11) is 0.